The molecule has 35 heavy (non-hydrogen) atoms. The summed E-state index contributed by atoms with van der Waals surface area (Å²) in [5.74, 6) is 1.18. The number of anilines is 1. The van der Waals surface area contributed by atoms with Gasteiger partial charge in [0, 0.05) is 36.0 Å². The summed E-state index contributed by atoms with van der Waals surface area (Å²) in [6.07, 6.45) is 9.17. The second-order valence-electron chi connectivity index (χ2n) is 9.04. The van der Waals surface area contributed by atoms with E-state index >= 15 is 0 Å². The summed E-state index contributed by atoms with van der Waals surface area (Å²) in [4.78, 5) is 17.2. The van der Waals surface area contributed by atoms with Gasteiger partial charge in [0.15, 0.2) is 5.03 Å². The number of hydrogen-bond acceptors (Lipinski definition) is 7. The molecule has 2 aliphatic carbocycles. The van der Waals surface area contributed by atoms with Crippen molar-refractivity contribution in [2.75, 3.05) is 11.9 Å². The zero-order chi connectivity index (χ0) is 24.0. The number of fused-ring (bicyclic) bond motifs is 1. The van der Waals surface area contributed by atoms with Gasteiger partial charge >= 0.3 is 6.03 Å². The highest BCUT2D eigenvalue weighted by Gasteiger charge is 2.28. The fraction of sp³-hybridized carbons (Fsp3) is 0.375. The van der Waals surface area contributed by atoms with Gasteiger partial charge in [-0.15, -0.1) is 0 Å². The Hall–Kier alpha value is -3.60. The third kappa shape index (κ3) is 4.43. The normalized spacial score (nSPS) is 17.3. The number of urea groups is 1. The molecule has 11 heteroatoms. The molecule has 0 atom stereocenters. The Morgan fingerprint density at radius 2 is 2.00 bits per heavy atom. The predicted octanol–water partition coefficient (Wildman–Crippen LogP) is 3.66. The van der Waals surface area contributed by atoms with Crippen LogP contribution in [0.3, 0.4) is 0 Å². The Labute approximate surface area is 202 Å². The number of benzene rings is 1. The van der Waals surface area contributed by atoms with Crippen molar-refractivity contribution >= 4 is 21.7 Å². The number of sulfonamides is 1. The van der Waals surface area contributed by atoms with Gasteiger partial charge in [0.1, 0.15) is 11.9 Å². The summed E-state index contributed by atoms with van der Waals surface area (Å²) >= 11 is 0. The lowest BCUT2D eigenvalue weighted by molar-refractivity contribution is 0.256. The SMILES string of the molecule is O=C(Nc1c(-c2ccnc(OC3CC3)c2)ccc2c1CCO2)NS(=O)(=O)c1ccn(C2CCC2)n1. The predicted molar refractivity (Wildman–Crippen MR) is 127 cm³/mol. The van der Waals surface area contributed by atoms with Gasteiger partial charge in [-0.3, -0.25) is 4.68 Å². The molecule has 0 spiro atoms. The molecule has 2 fully saturated rings. The third-order valence-electron chi connectivity index (χ3n) is 6.51. The van der Waals surface area contributed by atoms with E-state index in [4.69, 9.17) is 9.47 Å². The van der Waals surface area contributed by atoms with Crippen LogP contribution >= 0.6 is 0 Å². The van der Waals surface area contributed by atoms with Gasteiger partial charge in [-0.25, -0.2) is 14.5 Å². The molecule has 3 heterocycles. The molecule has 10 nitrogen and oxygen atoms in total. The van der Waals surface area contributed by atoms with Crippen LogP contribution in [0.25, 0.3) is 11.1 Å². The molecule has 0 radical (unpaired) electrons. The zero-order valence-electron chi connectivity index (χ0n) is 18.9. The first kappa shape index (κ1) is 21.9. The highest BCUT2D eigenvalue weighted by atomic mass is 32.2. The van der Waals surface area contributed by atoms with Crippen LogP contribution in [0.4, 0.5) is 10.5 Å². The molecule has 2 amide bonds. The van der Waals surface area contributed by atoms with E-state index in [-0.39, 0.29) is 17.2 Å². The van der Waals surface area contributed by atoms with Crippen LogP contribution in [-0.4, -0.2) is 41.9 Å². The van der Waals surface area contributed by atoms with E-state index < -0.39 is 16.1 Å². The lowest BCUT2D eigenvalue weighted by Crippen LogP contribution is -2.35. The van der Waals surface area contributed by atoms with E-state index in [1.807, 2.05) is 24.3 Å². The number of hydrogen-bond donors (Lipinski definition) is 2. The number of aromatic nitrogens is 3. The topological polar surface area (TPSA) is 124 Å². The van der Waals surface area contributed by atoms with Crippen LogP contribution in [0.2, 0.25) is 0 Å². The molecule has 2 N–H and O–H groups in total. The lowest BCUT2D eigenvalue weighted by Gasteiger charge is -2.25. The zero-order valence-corrected chi connectivity index (χ0v) is 19.8. The summed E-state index contributed by atoms with van der Waals surface area (Å²) in [5, 5.41) is 6.74. The molecule has 1 aromatic carbocycles. The largest absolute Gasteiger partial charge is 0.493 e. The number of nitrogens with zero attached hydrogens (tertiary/aromatic N) is 3. The molecule has 3 aromatic rings. The van der Waals surface area contributed by atoms with Gasteiger partial charge in [-0.2, -0.15) is 13.5 Å². The van der Waals surface area contributed by atoms with E-state index in [1.165, 1.54) is 6.07 Å². The summed E-state index contributed by atoms with van der Waals surface area (Å²) in [7, 11) is -4.14. The lowest BCUT2D eigenvalue weighted by atomic mass is 9.93. The minimum absolute atomic E-state index is 0.183. The molecule has 6 rings (SSSR count). The van der Waals surface area contributed by atoms with Crippen LogP contribution in [0.1, 0.15) is 43.7 Å². The average molecular weight is 496 g/mol. The van der Waals surface area contributed by atoms with Crippen LogP contribution in [-0.2, 0) is 16.4 Å². The summed E-state index contributed by atoms with van der Waals surface area (Å²) in [6.45, 7) is 0.484. The van der Waals surface area contributed by atoms with Crippen molar-refractivity contribution in [3.63, 3.8) is 0 Å². The van der Waals surface area contributed by atoms with Gasteiger partial charge in [-0.05, 0) is 61.9 Å². The van der Waals surface area contributed by atoms with Crippen LogP contribution in [0.5, 0.6) is 11.6 Å². The van der Waals surface area contributed by atoms with Crippen molar-refractivity contribution in [1.82, 2.24) is 19.5 Å². The highest BCUT2D eigenvalue weighted by molar-refractivity contribution is 7.90. The number of ether oxygens (including phenoxy) is 2. The van der Waals surface area contributed by atoms with Crippen molar-refractivity contribution < 1.29 is 22.7 Å². The summed E-state index contributed by atoms with van der Waals surface area (Å²) in [6, 6.07) is 8.10. The standard InChI is InChI=1S/C24H25N5O5S/c30-24(28-35(31,32)22-9-12-29(27-22)16-2-1-3-16)26-23-18(6-7-20-19(23)10-13-33-20)15-8-11-25-21(14-15)34-17-4-5-17/h6-9,11-12,14,16-17H,1-5,10,13H2,(H2,26,28,30). The van der Waals surface area contributed by atoms with E-state index in [9.17, 15) is 13.2 Å². The Balaban J connectivity index is 1.26. The molecule has 1 aliphatic heterocycles. The van der Waals surface area contributed by atoms with E-state index in [1.54, 1.807) is 17.1 Å². The first-order valence-electron chi connectivity index (χ1n) is 11.8. The van der Waals surface area contributed by atoms with Gasteiger partial charge in [-0.1, -0.05) is 0 Å². The minimum atomic E-state index is -4.14. The van der Waals surface area contributed by atoms with Crippen LogP contribution in [0.15, 0.2) is 47.8 Å². The Morgan fingerprint density at radius 1 is 1.14 bits per heavy atom. The van der Waals surface area contributed by atoms with Crippen molar-refractivity contribution in [2.24, 2.45) is 0 Å². The second kappa shape index (κ2) is 8.56. The molecule has 3 aliphatic rings. The van der Waals surface area contributed by atoms with Crippen molar-refractivity contribution in [3.05, 3.63) is 48.3 Å². The number of carbonyl (C=O) groups is 1. The van der Waals surface area contributed by atoms with Crippen molar-refractivity contribution in [1.29, 1.82) is 0 Å². The van der Waals surface area contributed by atoms with Crippen molar-refractivity contribution in [2.45, 2.75) is 55.7 Å². The van der Waals surface area contributed by atoms with Gasteiger partial charge in [0.25, 0.3) is 10.0 Å². The quantitative estimate of drug-likeness (QED) is 0.513. The fourth-order valence-corrected chi connectivity index (χ4v) is 5.13. The van der Waals surface area contributed by atoms with E-state index in [0.29, 0.717) is 30.3 Å². The number of amides is 2. The van der Waals surface area contributed by atoms with E-state index in [0.717, 1.165) is 48.8 Å². The third-order valence-corrected chi connectivity index (χ3v) is 7.73. The molecule has 0 saturated heterocycles. The molecule has 2 aromatic heterocycles. The first-order chi connectivity index (χ1) is 17.0. The maximum atomic E-state index is 12.9. The summed E-state index contributed by atoms with van der Waals surface area (Å²) in [5.41, 5.74) is 2.82. The van der Waals surface area contributed by atoms with Gasteiger partial charge in [0.05, 0.1) is 18.3 Å². The highest BCUT2D eigenvalue weighted by Crippen LogP contribution is 2.40. The van der Waals surface area contributed by atoms with Crippen molar-refractivity contribution in [3.8, 4) is 22.8 Å². The maximum absolute atomic E-state index is 12.9. The smallest absolute Gasteiger partial charge is 0.333 e. The Bertz CT molecular complexity index is 1400. The minimum Gasteiger partial charge on any atom is -0.493 e. The number of rotatable bonds is 7. The molecule has 182 valence electrons. The molecule has 0 unspecified atom stereocenters. The van der Waals surface area contributed by atoms with Gasteiger partial charge < -0.3 is 14.8 Å². The molecule has 0 bridgehead atoms. The van der Waals surface area contributed by atoms with Crippen LogP contribution in [0, 0.1) is 0 Å². The molecule has 2 saturated carbocycles. The number of carbonyl (C=O) groups excluding carboxylic acids is 1. The Kier molecular flexibility index (Phi) is 5.36. The fourth-order valence-electron chi connectivity index (χ4n) is 4.29. The van der Waals surface area contributed by atoms with Crippen LogP contribution < -0.4 is 19.5 Å². The first-order valence-corrected chi connectivity index (χ1v) is 13.3. The Morgan fingerprint density at radius 3 is 2.77 bits per heavy atom. The number of pyridine rings is 1. The summed E-state index contributed by atoms with van der Waals surface area (Å²) < 4.78 is 40.9. The average Bonchev–Trinajstić information content (AvgIpc) is 3.26. The number of nitrogens with one attached hydrogen (secondary N) is 2. The second-order valence-corrected chi connectivity index (χ2v) is 10.7. The maximum Gasteiger partial charge on any atom is 0.333 e. The molecular formula is C24H25N5O5S. The van der Waals surface area contributed by atoms with Gasteiger partial charge in [0.2, 0.25) is 5.88 Å². The van der Waals surface area contributed by atoms with E-state index in [2.05, 4.69) is 20.1 Å². The monoisotopic (exact) mass is 495 g/mol. The molecular weight excluding hydrogens is 470 g/mol.